The zero-order valence-corrected chi connectivity index (χ0v) is 22.6. The minimum atomic E-state index is 0.669. The zero-order valence-electron chi connectivity index (χ0n) is 20.2. The maximum absolute atomic E-state index is 4.99. The van der Waals surface area contributed by atoms with Crippen molar-refractivity contribution >= 4 is 47.4 Å². The highest BCUT2D eigenvalue weighted by molar-refractivity contribution is 9.10. The summed E-state index contributed by atoms with van der Waals surface area (Å²) in [5.74, 6) is 2.02. The molecule has 0 amide bonds. The van der Waals surface area contributed by atoms with Gasteiger partial charge < -0.3 is 0 Å². The molecule has 5 aromatic carbocycles. The third-order valence-corrected chi connectivity index (χ3v) is 8.30. The molecule has 0 radical (unpaired) electrons. The van der Waals surface area contributed by atoms with Crippen LogP contribution in [0.15, 0.2) is 126 Å². The molecular formula is C33H20BrN3S. The van der Waals surface area contributed by atoms with E-state index in [0.717, 1.165) is 21.2 Å². The average Bonchev–Trinajstić information content (AvgIpc) is 3.37. The lowest BCUT2D eigenvalue weighted by Gasteiger charge is -2.09. The fraction of sp³-hybridized carbons (Fsp3) is 0. The van der Waals surface area contributed by atoms with Crippen LogP contribution in [0.5, 0.6) is 0 Å². The lowest BCUT2D eigenvalue weighted by atomic mass is 9.99. The van der Waals surface area contributed by atoms with Gasteiger partial charge in [-0.3, -0.25) is 0 Å². The van der Waals surface area contributed by atoms with Gasteiger partial charge in [0, 0.05) is 41.3 Å². The molecule has 0 spiro atoms. The van der Waals surface area contributed by atoms with Crippen LogP contribution >= 0.6 is 27.3 Å². The van der Waals surface area contributed by atoms with Gasteiger partial charge in [-0.15, -0.1) is 11.3 Å². The van der Waals surface area contributed by atoms with Gasteiger partial charge in [0.05, 0.1) is 0 Å². The summed E-state index contributed by atoms with van der Waals surface area (Å²) in [5.41, 5.74) is 5.36. The van der Waals surface area contributed by atoms with Crippen molar-refractivity contribution in [3.8, 4) is 45.3 Å². The molecule has 0 saturated carbocycles. The number of halogens is 1. The fourth-order valence-electron chi connectivity index (χ4n) is 4.85. The second kappa shape index (κ2) is 9.60. The van der Waals surface area contributed by atoms with Crippen LogP contribution in [-0.4, -0.2) is 15.0 Å². The van der Waals surface area contributed by atoms with Crippen LogP contribution in [-0.2, 0) is 0 Å². The summed E-state index contributed by atoms with van der Waals surface area (Å²) in [5, 5.41) is 2.47. The Morgan fingerprint density at radius 2 is 1.08 bits per heavy atom. The van der Waals surface area contributed by atoms with Gasteiger partial charge >= 0.3 is 0 Å². The van der Waals surface area contributed by atoms with E-state index < -0.39 is 0 Å². The fourth-order valence-corrected chi connectivity index (χ4v) is 6.49. The van der Waals surface area contributed by atoms with Crippen molar-refractivity contribution in [1.29, 1.82) is 0 Å². The largest absolute Gasteiger partial charge is 0.208 e. The molecule has 38 heavy (non-hydrogen) atoms. The Hall–Kier alpha value is -4.19. The minimum absolute atomic E-state index is 0.669. The number of nitrogens with zero attached hydrogens (tertiary/aromatic N) is 3. The summed E-state index contributed by atoms with van der Waals surface area (Å²) in [7, 11) is 0. The molecule has 7 aromatic rings. The molecule has 0 bridgehead atoms. The molecule has 180 valence electrons. The average molecular weight is 571 g/mol. The first-order chi connectivity index (χ1) is 18.7. The van der Waals surface area contributed by atoms with Crippen LogP contribution < -0.4 is 0 Å². The molecule has 0 N–H and O–H groups in total. The first-order valence-electron chi connectivity index (χ1n) is 12.3. The van der Waals surface area contributed by atoms with Crippen LogP contribution in [0.3, 0.4) is 0 Å². The number of aromatic nitrogens is 3. The van der Waals surface area contributed by atoms with Gasteiger partial charge in [-0.05, 0) is 35.4 Å². The highest BCUT2D eigenvalue weighted by Gasteiger charge is 2.18. The first kappa shape index (κ1) is 23.0. The van der Waals surface area contributed by atoms with E-state index >= 15 is 0 Å². The van der Waals surface area contributed by atoms with Crippen molar-refractivity contribution in [3.63, 3.8) is 0 Å². The van der Waals surface area contributed by atoms with Crippen LogP contribution in [0.25, 0.3) is 65.5 Å². The number of thiophene rings is 1. The van der Waals surface area contributed by atoms with Crippen LogP contribution in [0.2, 0.25) is 0 Å². The van der Waals surface area contributed by atoms with Crippen molar-refractivity contribution in [1.82, 2.24) is 15.0 Å². The monoisotopic (exact) mass is 569 g/mol. The Balaban J connectivity index is 1.49. The summed E-state index contributed by atoms with van der Waals surface area (Å²) >= 11 is 5.43. The second-order valence-corrected chi connectivity index (χ2v) is 11.0. The van der Waals surface area contributed by atoms with Crippen LogP contribution in [0.4, 0.5) is 0 Å². The van der Waals surface area contributed by atoms with E-state index in [2.05, 4.69) is 76.6 Å². The Morgan fingerprint density at radius 3 is 1.76 bits per heavy atom. The normalized spacial score (nSPS) is 11.3. The highest BCUT2D eigenvalue weighted by Crippen LogP contribution is 2.43. The van der Waals surface area contributed by atoms with Crippen LogP contribution in [0, 0.1) is 0 Å². The molecule has 2 heterocycles. The Morgan fingerprint density at radius 1 is 0.500 bits per heavy atom. The van der Waals surface area contributed by atoms with Gasteiger partial charge in [-0.25, -0.2) is 15.0 Å². The van der Waals surface area contributed by atoms with Crippen molar-refractivity contribution in [2.45, 2.75) is 0 Å². The summed E-state index contributed by atoms with van der Waals surface area (Å²) < 4.78 is 3.49. The molecule has 0 atom stereocenters. The van der Waals surface area contributed by atoms with E-state index in [1.165, 1.54) is 31.3 Å². The van der Waals surface area contributed by atoms with Gasteiger partial charge in [0.25, 0.3) is 0 Å². The zero-order chi connectivity index (χ0) is 25.5. The molecular weight excluding hydrogens is 550 g/mol. The van der Waals surface area contributed by atoms with Crippen molar-refractivity contribution in [2.75, 3.05) is 0 Å². The Labute approximate surface area is 232 Å². The molecule has 3 nitrogen and oxygen atoms in total. The summed E-state index contributed by atoms with van der Waals surface area (Å²) in [4.78, 5) is 14.8. The lowest BCUT2D eigenvalue weighted by molar-refractivity contribution is 1.08. The summed E-state index contributed by atoms with van der Waals surface area (Å²) in [6.07, 6.45) is 0. The quantitative estimate of drug-likeness (QED) is 0.212. The van der Waals surface area contributed by atoms with Crippen molar-refractivity contribution in [2.24, 2.45) is 0 Å². The molecule has 7 rings (SSSR count). The predicted octanol–water partition coefficient (Wildman–Crippen LogP) is 9.67. The number of rotatable bonds is 4. The smallest absolute Gasteiger partial charge is 0.165 e. The van der Waals surface area contributed by atoms with Crippen molar-refractivity contribution < 1.29 is 0 Å². The van der Waals surface area contributed by atoms with E-state index in [1.54, 1.807) is 11.3 Å². The molecule has 0 aliphatic carbocycles. The summed E-state index contributed by atoms with van der Waals surface area (Å²) in [6.45, 7) is 0. The third-order valence-electron chi connectivity index (χ3n) is 6.60. The van der Waals surface area contributed by atoms with Gasteiger partial charge in [0.15, 0.2) is 17.5 Å². The minimum Gasteiger partial charge on any atom is -0.208 e. The van der Waals surface area contributed by atoms with E-state index in [9.17, 15) is 0 Å². The molecule has 0 unspecified atom stereocenters. The predicted molar refractivity (Wildman–Crippen MR) is 162 cm³/mol. The Kier molecular flexibility index (Phi) is 5.80. The number of benzene rings is 5. The standard InChI is InChI=1S/C33H20BrN3S/c34-24-15-7-14-23(20-24)25-16-9-19-28-29(25)26-17-8-18-27(30(26)38-28)33-36-31(21-10-3-1-4-11-21)35-32(37-33)22-12-5-2-6-13-22/h1-20H. The van der Waals surface area contributed by atoms with Crippen molar-refractivity contribution in [3.05, 3.63) is 126 Å². The topological polar surface area (TPSA) is 38.7 Å². The molecule has 2 aromatic heterocycles. The molecule has 0 saturated heterocycles. The van der Waals surface area contributed by atoms with E-state index in [1.807, 2.05) is 60.7 Å². The third kappa shape index (κ3) is 4.10. The van der Waals surface area contributed by atoms with Gasteiger partial charge in [-0.1, -0.05) is 113 Å². The van der Waals surface area contributed by atoms with E-state index in [4.69, 9.17) is 15.0 Å². The van der Waals surface area contributed by atoms with Gasteiger partial charge in [0.2, 0.25) is 0 Å². The maximum atomic E-state index is 4.99. The molecule has 0 aliphatic rings. The van der Waals surface area contributed by atoms with E-state index in [0.29, 0.717) is 17.5 Å². The maximum Gasteiger partial charge on any atom is 0.165 e. The van der Waals surface area contributed by atoms with Crippen LogP contribution in [0.1, 0.15) is 0 Å². The molecule has 0 aliphatic heterocycles. The summed E-state index contributed by atoms with van der Waals surface area (Å²) in [6, 6.07) is 41.7. The Bertz CT molecular complexity index is 1870. The number of hydrogen-bond donors (Lipinski definition) is 0. The van der Waals surface area contributed by atoms with Gasteiger partial charge in [-0.2, -0.15) is 0 Å². The highest BCUT2D eigenvalue weighted by atomic mass is 79.9. The molecule has 0 fully saturated rings. The van der Waals surface area contributed by atoms with E-state index in [-0.39, 0.29) is 0 Å². The number of fused-ring (bicyclic) bond motifs is 3. The SMILES string of the molecule is Brc1cccc(-c2cccc3sc4c(-c5nc(-c6ccccc6)nc(-c6ccccc6)n5)cccc4c23)c1. The first-order valence-corrected chi connectivity index (χ1v) is 13.9. The molecule has 5 heteroatoms. The number of hydrogen-bond acceptors (Lipinski definition) is 4. The van der Waals surface area contributed by atoms with Gasteiger partial charge in [0.1, 0.15) is 0 Å². The lowest BCUT2D eigenvalue weighted by Crippen LogP contribution is -2.00. The second-order valence-electron chi connectivity index (χ2n) is 9.01.